The van der Waals surface area contributed by atoms with E-state index in [1.807, 2.05) is 0 Å². The second-order valence-electron chi connectivity index (χ2n) is 1.14. The van der Waals surface area contributed by atoms with Crippen LogP contribution in [0.5, 0.6) is 0 Å². The van der Waals surface area contributed by atoms with Gasteiger partial charge < -0.3 is 4.74 Å². The first-order valence-corrected chi connectivity index (χ1v) is 1.51. The van der Waals surface area contributed by atoms with Crippen LogP contribution < -0.4 is 0 Å². The third kappa shape index (κ3) is 3.43. The maximum absolute atomic E-state index is 4.71. The van der Waals surface area contributed by atoms with Crippen LogP contribution >= 0.6 is 0 Å². The van der Waals surface area contributed by atoms with Crippen LogP contribution in [0.4, 0.5) is 0 Å². The molecular formula is C3H7KO. The average Bonchev–Trinajstić information content (AvgIpc) is 1.75. The molecule has 1 fully saturated rings. The summed E-state index contributed by atoms with van der Waals surface area (Å²) in [6.45, 7) is 3.04. The van der Waals surface area contributed by atoms with E-state index in [9.17, 15) is 0 Å². The first-order valence-electron chi connectivity index (χ1n) is 1.51. The maximum atomic E-state index is 4.71. The van der Waals surface area contributed by atoms with Crippen LogP contribution in [0.3, 0.4) is 0 Å². The summed E-state index contributed by atoms with van der Waals surface area (Å²) in [4.78, 5) is 0. The van der Waals surface area contributed by atoms with Crippen molar-refractivity contribution in [1.82, 2.24) is 0 Å². The Morgan fingerprint density at radius 1 is 1.80 bits per heavy atom. The fraction of sp³-hybridized carbons (Fsp3) is 1.00. The molecule has 26 valence electrons. The fourth-order valence-corrected chi connectivity index (χ4v) is 0.0962. The minimum atomic E-state index is 0. The van der Waals surface area contributed by atoms with Gasteiger partial charge in [0.05, 0.1) is 12.7 Å². The van der Waals surface area contributed by atoms with Gasteiger partial charge in [-0.3, -0.25) is 0 Å². The molecule has 1 nitrogen and oxygen atoms in total. The van der Waals surface area contributed by atoms with Gasteiger partial charge in [-0.2, -0.15) is 0 Å². The monoisotopic (exact) mass is 98.0 g/mol. The fourth-order valence-electron chi connectivity index (χ4n) is 0.0962. The van der Waals surface area contributed by atoms with Gasteiger partial charge in [0.1, 0.15) is 0 Å². The van der Waals surface area contributed by atoms with E-state index in [0.29, 0.717) is 6.10 Å². The molecule has 0 aromatic carbocycles. The molecule has 2 heteroatoms. The van der Waals surface area contributed by atoms with Gasteiger partial charge in [0.2, 0.25) is 0 Å². The van der Waals surface area contributed by atoms with Crippen LogP contribution in [0.1, 0.15) is 6.92 Å². The summed E-state index contributed by atoms with van der Waals surface area (Å²) in [5.74, 6) is 0. The number of hydrogen-bond donors (Lipinski definition) is 0. The molecule has 0 amide bonds. The third-order valence-corrected chi connectivity index (χ3v) is 0.500. The van der Waals surface area contributed by atoms with E-state index in [4.69, 9.17) is 4.74 Å². The molecule has 1 aliphatic heterocycles. The van der Waals surface area contributed by atoms with Crippen LogP contribution in [-0.2, 0) is 4.74 Å². The molecule has 1 aliphatic rings. The van der Waals surface area contributed by atoms with E-state index >= 15 is 0 Å². The molecule has 0 saturated carbocycles. The van der Waals surface area contributed by atoms with Crippen LogP contribution in [0.25, 0.3) is 0 Å². The molecule has 5 heavy (non-hydrogen) atoms. The Morgan fingerprint density at radius 2 is 2.00 bits per heavy atom. The predicted molar refractivity (Wildman–Crippen MR) is 22.6 cm³/mol. The molecular weight excluding hydrogens is 91.1 g/mol. The van der Waals surface area contributed by atoms with E-state index in [2.05, 4.69) is 6.92 Å². The Balaban J connectivity index is 0.000000160. The van der Waals surface area contributed by atoms with Crippen molar-refractivity contribution in [2.45, 2.75) is 13.0 Å². The van der Waals surface area contributed by atoms with Gasteiger partial charge in [0.15, 0.2) is 0 Å². The predicted octanol–water partition coefficient (Wildman–Crippen LogP) is -0.243. The Hall–Kier alpha value is 1.60. The molecule has 1 rings (SSSR count). The van der Waals surface area contributed by atoms with Gasteiger partial charge in [-0.1, -0.05) is 0 Å². The second-order valence-corrected chi connectivity index (χ2v) is 1.14. The van der Waals surface area contributed by atoms with Crippen molar-refractivity contribution in [3.05, 3.63) is 0 Å². The van der Waals surface area contributed by atoms with Crippen LogP contribution in [0, 0.1) is 0 Å². The van der Waals surface area contributed by atoms with Crippen molar-refractivity contribution in [2.24, 2.45) is 0 Å². The van der Waals surface area contributed by atoms with E-state index in [0.717, 1.165) is 6.61 Å². The Labute approximate surface area is 74.5 Å². The molecule has 0 aromatic rings. The number of rotatable bonds is 0. The zero-order chi connectivity index (χ0) is 2.99. The molecule has 1 heterocycles. The standard InChI is InChI=1S/C3H6O.K.H/c1-3-2-4-3;;/h3H,2H2,1H3;;. The van der Waals surface area contributed by atoms with Gasteiger partial charge in [0.25, 0.3) is 0 Å². The van der Waals surface area contributed by atoms with Crippen LogP contribution in [0.15, 0.2) is 0 Å². The molecule has 0 bridgehead atoms. The number of epoxide rings is 1. The quantitative estimate of drug-likeness (QED) is 0.301. The Kier molecular flexibility index (Phi) is 3.58. The summed E-state index contributed by atoms with van der Waals surface area (Å²) in [5, 5.41) is 0. The molecule has 1 atom stereocenters. The van der Waals surface area contributed by atoms with E-state index < -0.39 is 0 Å². The second kappa shape index (κ2) is 2.72. The molecule has 1 unspecified atom stereocenters. The summed E-state index contributed by atoms with van der Waals surface area (Å²) >= 11 is 0. The topological polar surface area (TPSA) is 12.5 Å². The molecule has 0 spiro atoms. The van der Waals surface area contributed by atoms with Gasteiger partial charge in [-0.05, 0) is 6.92 Å². The zero-order valence-corrected chi connectivity index (χ0v) is 2.69. The summed E-state index contributed by atoms with van der Waals surface area (Å²) in [7, 11) is 0. The molecule has 1 saturated heterocycles. The van der Waals surface area contributed by atoms with Gasteiger partial charge in [-0.15, -0.1) is 0 Å². The van der Waals surface area contributed by atoms with E-state index in [-0.39, 0.29) is 51.4 Å². The van der Waals surface area contributed by atoms with Crippen molar-refractivity contribution >= 4 is 51.4 Å². The minimum absolute atomic E-state index is 0. The van der Waals surface area contributed by atoms with Gasteiger partial charge in [-0.25, -0.2) is 0 Å². The SMILES string of the molecule is CC1CO1.[KH]. The Morgan fingerprint density at radius 3 is 2.00 bits per heavy atom. The van der Waals surface area contributed by atoms with E-state index in [1.165, 1.54) is 0 Å². The molecule has 0 radical (unpaired) electrons. The molecule has 0 N–H and O–H groups in total. The number of hydrogen-bond acceptors (Lipinski definition) is 1. The summed E-state index contributed by atoms with van der Waals surface area (Å²) in [6, 6.07) is 0. The van der Waals surface area contributed by atoms with Crippen LogP contribution in [0.2, 0.25) is 0 Å². The summed E-state index contributed by atoms with van der Waals surface area (Å²) < 4.78 is 4.71. The molecule has 0 aliphatic carbocycles. The normalized spacial score (nSPS) is 31.8. The van der Waals surface area contributed by atoms with Crippen molar-refractivity contribution < 1.29 is 4.74 Å². The van der Waals surface area contributed by atoms with Crippen molar-refractivity contribution in [3.63, 3.8) is 0 Å². The summed E-state index contributed by atoms with van der Waals surface area (Å²) in [6.07, 6.45) is 0.583. The molecule has 0 aromatic heterocycles. The van der Waals surface area contributed by atoms with E-state index in [1.54, 1.807) is 0 Å². The van der Waals surface area contributed by atoms with Gasteiger partial charge in [0, 0.05) is 0 Å². The summed E-state index contributed by atoms with van der Waals surface area (Å²) in [5.41, 5.74) is 0. The first-order chi connectivity index (χ1) is 1.89. The van der Waals surface area contributed by atoms with Gasteiger partial charge >= 0.3 is 51.4 Å². The first kappa shape index (κ1) is 6.60. The van der Waals surface area contributed by atoms with Crippen LogP contribution in [-0.4, -0.2) is 64.1 Å². The Bertz CT molecular complexity index is 26.1. The van der Waals surface area contributed by atoms with Crippen molar-refractivity contribution in [1.29, 1.82) is 0 Å². The van der Waals surface area contributed by atoms with Crippen molar-refractivity contribution in [2.75, 3.05) is 6.61 Å². The zero-order valence-electron chi connectivity index (χ0n) is 2.69. The van der Waals surface area contributed by atoms with Crippen molar-refractivity contribution in [3.8, 4) is 0 Å². The average molecular weight is 98.2 g/mol. The third-order valence-electron chi connectivity index (χ3n) is 0.500. The number of ether oxygens (including phenoxy) is 1.